The van der Waals surface area contributed by atoms with E-state index in [2.05, 4.69) is 5.32 Å². The molecule has 1 aliphatic carbocycles. The molecule has 2 aromatic rings. The largest absolute Gasteiger partial charge is 0.325 e. The molecule has 0 radical (unpaired) electrons. The lowest BCUT2D eigenvalue weighted by atomic mass is 9.88. The number of hydrogen-bond acceptors (Lipinski definition) is 2. The number of nitrogens with one attached hydrogen (secondary N) is 1. The van der Waals surface area contributed by atoms with E-state index < -0.39 is 0 Å². The quantitative estimate of drug-likeness (QED) is 0.787. The summed E-state index contributed by atoms with van der Waals surface area (Å²) in [6.45, 7) is 2.02. The number of carbonyl (C=O) groups is 2. The summed E-state index contributed by atoms with van der Waals surface area (Å²) in [6.07, 6.45) is 5.70. The Morgan fingerprint density at radius 2 is 1.76 bits per heavy atom. The normalized spacial score (nSPS) is 14.9. The average Bonchev–Trinajstić information content (AvgIpc) is 2.63. The maximum atomic E-state index is 12.8. The van der Waals surface area contributed by atoms with Crippen molar-refractivity contribution < 1.29 is 9.59 Å². The van der Waals surface area contributed by atoms with Crippen molar-refractivity contribution in [3.8, 4) is 0 Å². The van der Waals surface area contributed by atoms with Crippen LogP contribution in [0, 0.1) is 12.8 Å². The van der Waals surface area contributed by atoms with Gasteiger partial charge in [-0.1, -0.05) is 61.2 Å². The maximum absolute atomic E-state index is 12.8. The summed E-state index contributed by atoms with van der Waals surface area (Å²) < 4.78 is 0. The highest BCUT2D eigenvalue weighted by Gasteiger charge is 2.22. The van der Waals surface area contributed by atoms with Crippen molar-refractivity contribution in [3.63, 3.8) is 0 Å². The number of rotatable bonds is 5. The summed E-state index contributed by atoms with van der Waals surface area (Å²) >= 11 is 0. The van der Waals surface area contributed by atoms with E-state index in [9.17, 15) is 9.59 Å². The van der Waals surface area contributed by atoms with Gasteiger partial charge in [0.15, 0.2) is 5.78 Å². The first-order valence-corrected chi connectivity index (χ1v) is 9.12. The van der Waals surface area contributed by atoms with Crippen molar-refractivity contribution in [1.29, 1.82) is 0 Å². The molecule has 1 amide bonds. The number of amides is 1. The van der Waals surface area contributed by atoms with Gasteiger partial charge >= 0.3 is 0 Å². The van der Waals surface area contributed by atoms with Crippen LogP contribution < -0.4 is 5.32 Å². The van der Waals surface area contributed by atoms with Crippen molar-refractivity contribution >= 4 is 17.4 Å². The molecule has 0 bridgehead atoms. The lowest BCUT2D eigenvalue weighted by Crippen LogP contribution is -2.25. The highest BCUT2D eigenvalue weighted by Crippen LogP contribution is 2.26. The summed E-state index contributed by atoms with van der Waals surface area (Å²) in [7, 11) is 0. The van der Waals surface area contributed by atoms with Crippen molar-refractivity contribution in [1.82, 2.24) is 0 Å². The zero-order chi connectivity index (χ0) is 17.6. The lowest BCUT2D eigenvalue weighted by Gasteiger charge is -2.21. The van der Waals surface area contributed by atoms with Gasteiger partial charge in [0.2, 0.25) is 5.91 Å². The van der Waals surface area contributed by atoms with E-state index in [1.807, 2.05) is 49.4 Å². The number of para-hydroxylation sites is 1. The lowest BCUT2D eigenvalue weighted by molar-refractivity contribution is -0.120. The molecule has 0 heterocycles. The van der Waals surface area contributed by atoms with E-state index in [1.165, 1.54) is 6.42 Å². The van der Waals surface area contributed by atoms with Gasteiger partial charge in [0, 0.05) is 17.9 Å². The van der Waals surface area contributed by atoms with Crippen LogP contribution in [-0.2, 0) is 11.2 Å². The molecule has 0 atom stereocenters. The fraction of sp³-hybridized carbons (Fsp3) is 0.364. The number of Topliss-reactive ketones (excluding diaryl/α,β-unsaturated/α-hetero) is 1. The highest BCUT2D eigenvalue weighted by atomic mass is 16.2. The minimum absolute atomic E-state index is 0.0325. The van der Waals surface area contributed by atoms with Gasteiger partial charge in [0.1, 0.15) is 0 Å². The zero-order valence-electron chi connectivity index (χ0n) is 14.8. The zero-order valence-corrected chi connectivity index (χ0v) is 14.8. The molecular formula is C22H25NO2. The summed E-state index contributed by atoms with van der Waals surface area (Å²) in [5.41, 5.74) is 3.37. The van der Waals surface area contributed by atoms with Gasteiger partial charge in [-0.05, 0) is 37.5 Å². The Hall–Kier alpha value is -2.42. The van der Waals surface area contributed by atoms with E-state index >= 15 is 0 Å². The number of aryl methyl sites for hydroxylation is 1. The Bertz CT molecular complexity index is 760. The number of carbonyl (C=O) groups excluding carboxylic acids is 2. The first kappa shape index (κ1) is 17.4. The number of benzene rings is 2. The molecule has 0 saturated heterocycles. The van der Waals surface area contributed by atoms with Crippen LogP contribution in [-0.4, -0.2) is 11.7 Å². The molecule has 0 spiro atoms. The SMILES string of the molecule is Cc1cccc(CC(=O)c2ccccc2NC(=O)C2CCCCC2)c1. The average molecular weight is 335 g/mol. The number of hydrogen-bond donors (Lipinski definition) is 1. The minimum atomic E-state index is 0.0325. The van der Waals surface area contributed by atoms with Gasteiger partial charge in [0.05, 0.1) is 5.69 Å². The van der Waals surface area contributed by atoms with Crippen LogP contribution in [0.15, 0.2) is 48.5 Å². The van der Waals surface area contributed by atoms with Crippen LogP contribution in [0.5, 0.6) is 0 Å². The Morgan fingerprint density at radius 3 is 2.52 bits per heavy atom. The second-order valence-corrected chi connectivity index (χ2v) is 6.96. The Balaban J connectivity index is 1.73. The van der Waals surface area contributed by atoms with Crippen LogP contribution in [0.1, 0.15) is 53.6 Å². The van der Waals surface area contributed by atoms with Crippen LogP contribution in [0.3, 0.4) is 0 Å². The Labute approximate surface area is 149 Å². The fourth-order valence-electron chi connectivity index (χ4n) is 3.54. The van der Waals surface area contributed by atoms with Gasteiger partial charge in [-0.15, -0.1) is 0 Å². The van der Waals surface area contributed by atoms with Crippen molar-refractivity contribution in [2.45, 2.75) is 45.4 Å². The first-order chi connectivity index (χ1) is 12.1. The predicted molar refractivity (Wildman–Crippen MR) is 101 cm³/mol. The molecule has 25 heavy (non-hydrogen) atoms. The summed E-state index contributed by atoms with van der Waals surface area (Å²) in [4.78, 5) is 25.3. The monoisotopic (exact) mass is 335 g/mol. The standard InChI is InChI=1S/C22H25NO2/c1-16-8-7-9-17(14-16)15-21(24)19-12-5-6-13-20(19)23-22(25)18-10-3-2-4-11-18/h5-9,12-14,18H,2-4,10-11,15H2,1H3,(H,23,25). The maximum Gasteiger partial charge on any atom is 0.227 e. The first-order valence-electron chi connectivity index (χ1n) is 9.12. The fourth-order valence-corrected chi connectivity index (χ4v) is 3.54. The molecule has 0 aromatic heterocycles. The van der Waals surface area contributed by atoms with E-state index in [-0.39, 0.29) is 17.6 Å². The molecule has 1 fully saturated rings. The van der Waals surface area contributed by atoms with Gasteiger partial charge < -0.3 is 5.32 Å². The Morgan fingerprint density at radius 1 is 1.00 bits per heavy atom. The highest BCUT2D eigenvalue weighted by molar-refractivity contribution is 6.06. The second-order valence-electron chi connectivity index (χ2n) is 6.96. The van der Waals surface area contributed by atoms with Crippen LogP contribution in [0.2, 0.25) is 0 Å². The molecule has 130 valence electrons. The molecule has 3 heteroatoms. The Kier molecular flexibility index (Phi) is 5.64. The molecule has 0 aliphatic heterocycles. The van der Waals surface area contributed by atoms with Crippen molar-refractivity contribution in [2.75, 3.05) is 5.32 Å². The van der Waals surface area contributed by atoms with Crippen LogP contribution in [0.4, 0.5) is 5.69 Å². The molecule has 1 aliphatic rings. The van der Waals surface area contributed by atoms with Gasteiger partial charge in [-0.3, -0.25) is 9.59 Å². The van der Waals surface area contributed by atoms with Gasteiger partial charge in [0.25, 0.3) is 0 Å². The molecule has 3 rings (SSSR count). The van der Waals surface area contributed by atoms with E-state index in [0.717, 1.165) is 36.8 Å². The van der Waals surface area contributed by atoms with E-state index in [4.69, 9.17) is 0 Å². The third-order valence-corrected chi connectivity index (χ3v) is 4.91. The molecule has 0 unspecified atom stereocenters. The third kappa shape index (κ3) is 4.56. The van der Waals surface area contributed by atoms with Gasteiger partial charge in [-0.2, -0.15) is 0 Å². The number of ketones is 1. The summed E-state index contributed by atoms with van der Waals surface area (Å²) in [6, 6.07) is 15.3. The molecule has 2 aromatic carbocycles. The molecule has 1 N–H and O–H groups in total. The third-order valence-electron chi connectivity index (χ3n) is 4.91. The number of anilines is 1. The topological polar surface area (TPSA) is 46.2 Å². The van der Waals surface area contributed by atoms with Crippen LogP contribution in [0.25, 0.3) is 0 Å². The van der Waals surface area contributed by atoms with Crippen molar-refractivity contribution in [2.24, 2.45) is 5.92 Å². The predicted octanol–water partition coefficient (Wildman–Crippen LogP) is 4.94. The summed E-state index contributed by atoms with van der Waals surface area (Å²) in [5.74, 6) is 0.161. The molecule has 1 saturated carbocycles. The van der Waals surface area contributed by atoms with Crippen LogP contribution >= 0.6 is 0 Å². The van der Waals surface area contributed by atoms with E-state index in [1.54, 1.807) is 6.07 Å². The van der Waals surface area contributed by atoms with Crippen molar-refractivity contribution in [3.05, 3.63) is 65.2 Å². The second kappa shape index (κ2) is 8.11. The summed E-state index contributed by atoms with van der Waals surface area (Å²) in [5, 5.41) is 3.00. The minimum Gasteiger partial charge on any atom is -0.325 e. The van der Waals surface area contributed by atoms with Gasteiger partial charge in [-0.25, -0.2) is 0 Å². The van der Waals surface area contributed by atoms with E-state index in [0.29, 0.717) is 17.7 Å². The molecule has 3 nitrogen and oxygen atoms in total. The smallest absolute Gasteiger partial charge is 0.227 e. The molecular weight excluding hydrogens is 310 g/mol.